The quantitative estimate of drug-likeness (QED) is 0.476. The van der Waals surface area contributed by atoms with E-state index in [1.807, 2.05) is 6.92 Å². The van der Waals surface area contributed by atoms with Gasteiger partial charge >= 0.3 is 0 Å². The van der Waals surface area contributed by atoms with Crippen molar-refractivity contribution in [1.29, 1.82) is 0 Å². The van der Waals surface area contributed by atoms with Gasteiger partial charge in [-0.3, -0.25) is 14.3 Å². The molecular weight excluding hydrogens is 302 g/mol. The fraction of sp³-hybridized carbons (Fsp3) is 0.571. The number of nitrogens with two attached hydrogens (primary N) is 1. The first kappa shape index (κ1) is 17.1. The summed E-state index contributed by atoms with van der Waals surface area (Å²) in [4.78, 5) is 32.8. The van der Waals surface area contributed by atoms with Gasteiger partial charge in [-0.15, -0.1) is 0 Å². The Morgan fingerprint density at radius 2 is 2.22 bits per heavy atom. The number of nitrogens with one attached hydrogen (secondary N) is 1. The summed E-state index contributed by atoms with van der Waals surface area (Å²) in [6.45, 7) is 3.36. The summed E-state index contributed by atoms with van der Waals surface area (Å²) in [5.41, 5.74) is 5.72. The van der Waals surface area contributed by atoms with Crippen molar-refractivity contribution in [2.75, 3.05) is 25.6 Å². The Bertz CT molecular complexity index is 696. The lowest BCUT2D eigenvalue weighted by Crippen LogP contribution is -2.15. The average Bonchev–Trinajstić information content (AvgIpc) is 2.92. The molecule has 1 atom stereocenters. The minimum absolute atomic E-state index is 0.0309. The van der Waals surface area contributed by atoms with E-state index in [-0.39, 0.29) is 29.7 Å². The first-order valence-electron chi connectivity index (χ1n) is 7.47. The topological polar surface area (TPSA) is 125 Å². The summed E-state index contributed by atoms with van der Waals surface area (Å²) in [5.74, 6) is -0.0279. The van der Waals surface area contributed by atoms with Crippen molar-refractivity contribution in [1.82, 2.24) is 19.5 Å². The number of aromatic amines is 1. The molecule has 0 aliphatic heterocycles. The van der Waals surface area contributed by atoms with E-state index in [2.05, 4.69) is 15.0 Å². The predicted molar refractivity (Wildman–Crippen MR) is 83.8 cm³/mol. The number of hydrogen-bond donors (Lipinski definition) is 2. The summed E-state index contributed by atoms with van der Waals surface area (Å²) in [5, 5.41) is 0. The Labute approximate surface area is 132 Å². The normalized spacial score (nSPS) is 12.6. The van der Waals surface area contributed by atoms with E-state index in [0.29, 0.717) is 25.5 Å². The molecule has 0 bridgehead atoms. The third-order valence-electron chi connectivity index (χ3n) is 3.28. The van der Waals surface area contributed by atoms with Crippen molar-refractivity contribution in [3.05, 3.63) is 16.7 Å². The van der Waals surface area contributed by atoms with Crippen molar-refractivity contribution < 1.29 is 14.3 Å². The highest BCUT2D eigenvalue weighted by Gasteiger charge is 2.09. The molecule has 2 rings (SSSR count). The average molecular weight is 323 g/mol. The van der Waals surface area contributed by atoms with Gasteiger partial charge in [0.1, 0.15) is 13.0 Å². The van der Waals surface area contributed by atoms with E-state index in [0.717, 1.165) is 19.1 Å². The van der Waals surface area contributed by atoms with Crippen molar-refractivity contribution >= 4 is 23.4 Å². The summed E-state index contributed by atoms with van der Waals surface area (Å²) in [7, 11) is 0. The molecule has 0 saturated carbocycles. The van der Waals surface area contributed by atoms with Crippen LogP contribution in [0.15, 0.2) is 11.1 Å². The Morgan fingerprint density at radius 1 is 1.43 bits per heavy atom. The molecule has 1 unspecified atom stereocenters. The van der Waals surface area contributed by atoms with E-state index in [4.69, 9.17) is 15.2 Å². The van der Waals surface area contributed by atoms with Gasteiger partial charge in [0.25, 0.3) is 5.56 Å². The molecule has 0 fully saturated rings. The number of hydrogen-bond acceptors (Lipinski definition) is 7. The van der Waals surface area contributed by atoms with Crippen molar-refractivity contribution in [2.45, 2.75) is 26.5 Å². The molecule has 2 heterocycles. The smallest absolute Gasteiger partial charge is 0.280 e. The summed E-state index contributed by atoms with van der Waals surface area (Å²) in [6.07, 6.45) is 4.17. The number of H-pyrrole nitrogens is 1. The number of carbonyl (C=O) groups excluding carboxylic acids is 1. The van der Waals surface area contributed by atoms with Gasteiger partial charge in [-0.05, 0) is 6.42 Å². The van der Waals surface area contributed by atoms with Crippen LogP contribution in [0.4, 0.5) is 5.95 Å². The number of carbonyl (C=O) groups is 1. The van der Waals surface area contributed by atoms with Gasteiger partial charge < -0.3 is 20.0 Å². The van der Waals surface area contributed by atoms with Gasteiger partial charge in [-0.1, -0.05) is 13.3 Å². The van der Waals surface area contributed by atoms with E-state index >= 15 is 0 Å². The predicted octanol–water partition coefficient (Wildman–Crippen LogP) is 0.308. The number of ether oxygens (including phenoxy) is 2. The van der Waals surface area contributed by atoms with Gasteiger partial charge in [0.2, 0.25) is 5.95 Å². The van der Waals surface area contributed by atoms with Crippen LogP contribution in [-0.4, -0.2) is 45.6 Å². The number of aldehydes is 1. The minimum Gasteiger partial charge on any atom is -0.378 e. The third kappa shape index (κ3) is 4.60. The van der Waals surface area contributed by atoms with Crippen LogP contribution in [0.5, 0.6) is 0 Å². The van der Waals surface area contributed by atoms with E-state index in [1.54, 1.807) is 4.57 Å². The SMILES string of the molecule is CCCC(C=O)COCCOCn1cnc2c(=O)[nH]c(N)nc21. The van der Waals surface area contributed by atoms with Crippen molar-refractivity contribution in [3.63, 3.8) is 0 Å². The molecule has 2 aromatic rings. The largest absolute Gasteiger partial charge is 0.378 e. The van der Waals surface area contributed by atoms with Crippen LogP contribution in [0, 0.1) is 5.92 Å². The second-order valence-electron chi connectivity index (χ2n) is 5.13. The van der Waals surface area contributed by atoms with Crippen LogP contribution in [0.3, 0.4) is 0 Å². The zero-order valence-electron chi connectivity index (χ0n) is 13.0. The van der Waals surface area contributed by atoms with Crippen LogP contribution >= 0.6 is 0 Å². The maximum absolute atomic E-state index is 11.6. The zero-order valence-corrected chi connectivity index (χ0v) is 13.0. The van der Waals surface area contributed by atoms with Crippen LogP contribution in [-0.2, 0) is 21.0 Å². The van der Waals surface area contributed by atoms with Crippen LogP contribution < -0.4 is 11.3 Å². The first-order valence-corrected chi connectivity index (χ1v) is 7.47. The van der Waals surface area contributed by atoms with E-state index < -0.39 is 0 Å². The first-order chi connectivity index (χ1) is 11.2. The molecule has 0 aliphatic carbocycles. The summed E-state index contributed by atoms with van der Waals surface area (Å²) < 4.78 is 12.5. The summed E-state index contributed by atoms with van der Waals surface area (Å²) in [6, 6.07) is 0. The maximum atomic E-state index is 11.6. The molecule has 0 spiro atoms. The Hall–Kier alpha value is -2.26. The van der Waals surface area contributed by atoms with Crippen molar-refractivity contribution in [3.8, 4) is 0 Å². The second-order valence-corrected chi connectivity index (χ2v) is 5.13. The van der Waals surface area contributed by atoms with E-state index in [1.165, 1.54) is 6.33 Å². The van der Waals surface area contributed by atoms with Gasteiger partial charge in [0.15, 0.2) is 11.2 Å². The highest BCUT2D eigenvalue weighted by molar-refractivity contribution is 5.70. The third-order valence-corrected chi connectivity index (χ3v) is 3.28. The fourth-order valence-electron chi connectivity index (χ4n) is 2.14. The van der Waals surface area contributed by atoms with Crippen LogP contribution in [0.1, 0.15) is 19.8 Å². The monoisotopic (exact) mass is 323 g/mol. The molecule has 3 N–H and O–H groups in total. The van der Waals surface area contributed by atoms with Crippen LogP contribution in [0.2, 0.25) is 0 Å². The molecule has 0 amide bonds. The molecule has 2 aromatic heterocycles. The molecule has 0 aromatic carbocycles. The standard InChI is InChI=1S/C14H21N5O4/c1-2-3-10(6-20)7-22-4-5-23-9-19-8-16-11-12(19)17-14(15)18-13(11)21/h6,8,10H,2-5,7,9H2,1H3,(H3,15,17,18,21). The number of anilines is 1. The lowest BCUT2D eigenvalue weighted by Gasteiger charge is -2.10. The number of nitrogen functional groups attached to an aromatic ring is 1. The van der Waals surface area contributed by atoms with Gasteiger partial charge in [-0.25, -0.2) is 4.98 Å². The molecule has 9 heteroatoms. The Kier molecular flexibility index (Phi) is 6.24. The minimum atomic E-state index is -0.384. The zero-order chi connectivity index (χ0) is 16.7. The molecule has 0 aliphatic rings. The molecule has 0 saturated heterocycles. The van der Waals surface area contributed by atoms with Crippen molar-refractivity contribution in [2.24, 2.45) is 5.92 Å². The molecular formula is C14H21N5O4. The number of imidazole rings is 1. The van der Waals surface area contributed by atoms with Gasteiger partial charge in [0, 0.05) is 5.92 Å². The maximum Gasteiger partial charge on any atom is 0.280 e. The lowest BCUT2D eigenvalue weighted by molar-refractivity contribution is -0.113. The number of aromatic nitrogens is 4. The summed E-state index contributed by atoms with van der Waals surface area (Å²) >= 11 is 0. The van der Waals surface area contributed by atoms with Gasteiger partial charge in [-0.2, -0.15) is 4.98 Å². The highest BCUT2D eigenvalue weighted by atomic mass is 16.5. The Morgan fingerprint density at radius 3 is 2.96 bits per heavy atom. The molecule has 23 heavy (non-hydrogen) atoms. The highest BCUT2D eigenvalue weighted by Crippen LogP contribution is 2.06. The number of rotatable bonds is 10. The molecule has 9 nitrogen and oxygen atoms in total. The molecule has 126 valence electrons. The number of fused-ring (bicyclic) bond motifs is 1. The van der Waals surface area contributed by atoms with Gasteiger partial charge in [0.05, 0.1) is 26.1 Å². The van der Waals surface area contributed by atoms with Crippen LogP contribution in [0.25, 0.3) is 11.2 Å². The fourth-order valence-corrected chi connectivity index (χ4v) is 2.14. The number of nitrogens with zero attached hydrogens (tertiary/aromatic N) is 3. The molecule has 0 radical (unpaired) electrons. The van der Waals surface area contributed by atoms with E-state index in [9.17, 15) is 9.59 Å². The second kappa shape index (κ2) is 8.39. The lowest BCUT2D eigenvalue weighted by atomic mass is 10.1. The Balaban J connectivity index is 1.77.